The molecule has 1 aromatic carbocycles. The van der Waals surface area contributed by atoms with Crippen LogP contribution in [-0.2, 0) is 17.6 Å². The molecule has 0 saturated heterocycles. The van der Waals surface area contributed by atoms with Gasteiger partial charge in [-0.3, -0.25) is 4.79 Å². The van der Waals surface area contributed by atoms with E-state index in [0.717, 1.165) is 11.8 Å². The molecular weight excluding hydrogens is 367 g/mol. The minimum Gasteiger partial charge on any atom is -0.444 e. The van der Waals surface area contributed by atoms with Crippen molar-refractivity contribution in [2.24, 2.45) is 0 Å². The van der Waals surface area contributed by atoms with Crippen molar-refractivity contribution in [2.75, 3.05) is 20.1 Å². The van der Waals surface area contributed by atoms with Crippen LogP contribution in [-0.4, -0.2) is 42.0 Å². The number of nitrogens with zero attached hydrogens (tertiary/aromatic N) is 1. The Bertz CT molecular complexity index is 691. The van der Waals surface area contributed by atoms with Gasteiger partial charge >= 0.3 is 6.09 Å². The summed E-state index contributed by atoms with van der Waals surface area (Å²) in [6, 6.07) is 1.23. The van der Waals surface area contributed by atoms with Crippen molar-refractivity contribution in [1.82, 2.24) is 10.2 Å². The Hall–Kier alpha value is -1.47. The van der Waals surface area contributed by atoms with Gasteiger partial charge in [-0.2, -0.15) is 0 Å². The van der Waals surface area contributed by atoms with Gasteiger partial charge in [-0.15, -0.1) is 0 Å². The second kappa shape index (κ2) is 7.83. The molecule has 0 aliphatic carbocycles. The van der Waals surface area contributed by atoms with Crippen molar-refractivity contribution in [1.29, 1.82) is 0 Å². The highest BCUT2D eigenvalue weighted by Crippen LogP contribution is 2.36. The number of rotatable bonds is 1. The van der Waals surface area contributed by atoms with Crippen LogP contribution in [0.5, 0.6) is 0 Å². The van der Waals surface area contributed by atoms with Gasteiger partial charge in [0.2, 0.25) is 0 Å². The second-order valence-electron chi connectivity index (χ2n) is 6.73. The predicted molar refractivity (Wildman–Crippen MR) is 96.9 cm³/mol. The molecule has 5 nitrogen and oxygen atoms in total. The van der Waals surface area contributed by atoms with Crippen molar-refractivity contribution in [2.45, 2.75) is 44.1 Å². The lowest BCUT2D eigenvalue weighted by Gasteiger charge is -2.26. The Balaban J connectivity index is 2.28. The Morgan fingerprint density at radius 2 is 1.88 bits per heavy atom. The highest BCUT2D eigenvalue weighted by molar-refractivity contribution is 8.13. The van der Waals surface area contributed by atoms with E-state index in [1.165, 1.54) is 13.1 Å². The molecule has 25 heavy (non-hydrogen) atoms. The number of nitrogens with one attached hydrogen (secondary N) is 1. The molecule has 138 valence electrons. The quantitative estimate of drug-likeness (QED) is 0.731. The Kier molecular flexibility index (Phi) is 6.21. The minimum absolute atomic E-state index is 0.204. The van der Waals surface area contributed by atoms with Crippen LogP contribution in [0.25, 0.3) is 0 Å². The Morgan fingerprint density at radius 3 is 2.44 bits per heavy atom. The van der Waals surface area contributed by atoms with Gasteiger partial charge in [-0.25, -0.2) is 9.18 Å². The fourth-order valence-electron chi connectivity index (χ4n) is 2.59. The lowest BCUT2D eigenvalue weighted by atomic mass is 10.0. The van der Waals surface area contributed by atoms with Crippen LogP contribution in [0.3, 0.4) is 0 Å². The summed E-state index contributed by atoms with van der Waals surface area (Å²) in [6.07, 6.45) is 0.330. The Morgan fingerprint density at radius 1 is 1.28 bits per heavy atom. The maximum Gasteiger partial charge on any atom is 0.410 e. The molecule has 0 bridgehead atoms. The van der Waals surface area contributed by atoms with Crippen LogP contribution in [0.15, 0.2) is 11.0 Å². The van der Waals surface area contributed by atoms with Crippen LogP contribution in [0.4, 0.5) is 14.0 Å². The van der Waals surface area contributed by atoms with Crippen molar-refractivity contribution in [3.05, 3.63) is 28.0 Å². The number of thioether (sulfide) groups is 1. The first-order valence-corrected chi connectivity index (χ1v) is 9.19. The molecule has 8 heteroatoms. The van der Waals surface area contributed by atoms with E-state index in [9.17, 15) is 14.0 Å². The van der Waals surface area contributed by atoms with Crippen LogP contribution in [0, 0.1) is 5.82 Å². The molecule has 1 aliphatic heterocycles. The molecule has 0 spiro atoms. The normalized spacial score (nSPS) is 14.6. The van der Waals surface area contributed by atoms with Gasteiger partial charge in [0.25, 0.3) is 5.24 Å². The number of hydrogen-bond donors (Lipinski definition) is 1. The van der Waals surface area contributed by atoms with E-state index in [-0.39, 0.29) is 10.3 Å². The summed E-state index contributed by atoms with van der Waals surface area (Å²) >= 11 is 7.10. The number of fused-ring (bicyclic) bond motifs is 1. The first kappa shape index (κ1) is 19.8. The highest BCUT2D eigenvalue weighted by Gasteiger charge is 2.27. The van der Waals surface area contributed by atoms with Crippen LogP contribution < -0.4 is 5.32 Å². The predicted octanol–water partition coefficient (Wildman–Crippen LogP) is 4.25. The smallest absolute Gasteiger partial charge is 0.410 e. The van der Waals surface area contributed by atoms with E-state index in [2.05, 4.69) is 5.32 Å². The number of benzene rings is 1. The van der Waals surface area contributed by atoms with Crippen molar-refractivity contribution >= 4 is 34.7 Å². The fraction of sp³-hybridized carbons (Fsp3) is 0.529. The minimum atomic E-state index is -0.592. The van der Waals surface area contributed by atoms with E-state index >= 15 is 0 Å². The molecule has 0 radical (unpaired) electrons. The maximum atomic E-state index is 14.4. The van der Waals surface area contributed by atoms with E-state index in [4.69, 9.17) is 16.3 Å². The van der Waals surface area contributed by atoms with Gasteiger partial charge in [0.15, 0.2) is 0 Å². The van der Waals surface area contributed by atoms with Crippen molar-refractivity contribution in [3.8, 4) is 0 Å². The van der Waals surface area contributed by atoms with Crippen LogP contribution >= 0.6 is 23.4 Å². The van der Waals surface area contributed by atoms with Crippen molar-refractivity contribution in [3.63, 3.8) is 0 Å². The molecule has 2 rings (SSSR count). The number of carbonyl (C=O) groups is 2. The molecular formula is C17H22ClFN2O3S. The summed E-state index contributed by atoms with van der Waals surface area (Å²) in [5, 5.41) is 2.45. The number of carbonyl (C=O) groups excluding carboxylic acids is 2. The number of hydrogen-bond acceptors (Lipinski definition) is 4. The molecule has 0 saturated carbocycles. The molecule has 0 unspecified atom stereocenters. The average molecular weight is 389 g/mol. The lowest BCUT2D eigenvalue weighted by molar-refractivity contribution is 0.0258. The first-order valence-electron chi connectivity index (χ1n) is 7.99. The number of halogens is 2. The summed E-state index contributed by atoms with van der Waals surface area (Å²) in [7, 11) is 1.52. The maximum absolute atomic E-state index is 14.4. The summed E-state index contributed by atoms with van der Waals surface area (Å²) in [5.74, 6) is -0.410. The zero-order valence-electron chi connectivity index (χ0n) is 14.7. The van der Waals surface area contributed by atoms with Gasteiger partial charge in [-0.1, -0.05) is 11.6 Å². The van der Waals surface area contributed by atoms with E-state index in [1.54, 1.807) is 25.7 Å². The molecule has 0 aromatic heterocycles. The summed E-state index contributed by atoms with van der Waals surface area (Å²) < 4.78 is 19.8. The first-order chi connectivity index (χ1) is 11.6. The highest BCUT2D eigenvalue weighted by atomic mass is 35.5. The SMILES string of the molecule is CNC(=O)Sc1c(Cl)cc(F)c2c1CCN(C(=O)OC(C)(C)C)CC2. The molecule has 1 N–H and O–H groups in total. The third-order valence-electron chi connectivity index (χ3n) is 3.71. The zero-order valence-corrected chi connectivity index (χ0v) is 16.3. The molecule has 0 atom stereocenters. The molecule has 1 aromatic rings. The van der Waals surface area contributed by atoms with Gasteiger partial charge < -0.3 is 15.0 Å². The summed E-state index contributed by atoms with van der Waals surface area (Å²) in [6.45, 7) is 6.13. The number of amides is 2. The van der Waals surface area contributed by atoms with Crippen LogP contribution in [0.1, 0.15) is 31.9 Å². The largest absolute Gasteiger partial charge is 0.444 e. The summed E-state index contributed by atoms with van der Waals surface area (Å²) in [4.78, 5) is 26.1. The topological polar surface area (TPSA) is 58.6 Å². The molecule has 1 heterocycles. The van der Waals surface area contributed by atoms with E-state index in [0.29, 0.717) is 42.0 Å². The average Bonchev–Trinajstić information content (AvgIpc) is 2.72. The third kappa shape index (κ3) is 5.01. The number of ether oxygens (including phenoxy) is 1. The van der Waals surface area contributed by atoms with Crippen molar-refractivity contribution < 1.29 is 18.7 Å². The zero-order chi connectivity index (χ0) is 18.8. The van der Waals surface area contributed by atoms with Gasteiger partial charge in [0, 0.05) is 25.0 Å². The van der Waals surface area contributed by atoms with Crippen LogP contribution in [0.2, 0.25) is 5.02 Å². The Labute approximate surface area is 156 Å². The van der Waals surface area contributed by atoms with E-state index in [1.807, 2.05) is 0 Å². The van der Waals surface area contributed by atoms with Gasteiger partial charge in [0.1, 0.15) is 11.4 Å². The standard InChI is InChI=1S/C17H22ClFN2O3S/c1-17(2,3)24-16(23)21-7-5-10-11(6-8-21)14(25-15(22)20-4)12(18)9-13(10)19/h9H,5-8H2,1-4H3,(H,20,22). The van der Waals surface area contributed by atoms with Gasteiger partial charge in [0.05, 0.1) is 5.02 Å². The fourth-order valence-corrected chi connectivity index (χ4v) is 3.71. The second-order valence-corrected chi connectivity index (χ2v) is 8.12. The molecule has 2 amide bonds. The molecule has 0 fully saturated rings. The molecule has 1 aliphatic rings. The monoisotopic (exact) mass is 388 g/mol. The van der Waals surface area contributed by atoms with E-state index < -0.39 is 17.5 Å². The lowest BCUT2D eigenvalue weighted by Crippen LogP contribution is -2.38. The summed E-state index contributed by atoms with van der Waals surface area (Å²) in [5.41, 5.74) is 0.594. The third-order valence-corrected chi connectivity index (χ3v) is 5.18. The van der Waals surface area contributed by atoms with Gasteiger partial charge in [-0.05, 0) is 62.6 Å².